The van der Waals surface area contributed by atoms with Crippen molar-refractivity contribution in [2.45, 2.75) is 25.7 Å². The third-order valence-electron chi connectivity index (χ3n) is 3.98. The van der Waals surface area contributed by atoms with Gasteiger partial charge in [-0.3, -0.25) is 9.69 Å². The van der Waals surface area contributed by atoms with E-state index in [9.17, 15) is 9.90 Å². The van der Waals surface area contributed by atoms with E-state index in [2.05, 4.69) is 4.90 Å². The van der Waals surface area contributed by atoms with Gasteiger partial charge in [-0.15, -0.1) is 0 Å². The summed E-state index contributed by atoms with van der Waals surface area (Å²) >= 11 is 0. The molecule has 19 heavy (non-hydrogen) atoms. The number of phenols is 1. The Bertz CT molecular complexity index is 432. The number of nitrogens with zero attached hydrogens (tertiary/aromatic N) is 1. The predicted octanol–water partition coefficient (Wildman–Crippen LogP) is 2.70. The number of hydrogen-bond donors (Lipinski definition) is 1. The first kappa shape index (κ1) is 12.7. The molecule has 2 aliphatic rings. The van der Waals surface area contributed by atoms with E-state index in [-0.39, 0.29) is 11.5 Å². The molecule has 0 spiro atoms. The van der Waals surface area contributed by atoms with E-state index in [0.717, 1.165) is 24.9 Å². The van der Waals surface area contributed by atoms with E-state index in [4.69, 9.17) is 0 Å². The number of benzene rings is 1. The summed E-state index contributed by atoms with van der Waals surface area (Å²) in [5, 5.41) is 9.25. The minimum atomic E-state index is 0.168. The van der Waals surface area contributed by atoms with Crippen LogP contribution in [-0.4, -0.2) is 35.4 Å². The number of phenolic OH excluding ortho intramolecular Hbond substituents is 1. The van der Waals surface area contributed by atoms with Crippen LogP contribution in [0.1, 0.15) is 36.0 Å². The summed E-state index contributed by atoms with van der Waals surface area (Å²) in [6, 6.07) is 6.59. The Morgan fingerprint density at radius 1 is 1.05 bits per heavy atom. The van der Waals surface area contributed by atoms with Crippen molar-refractivity contribution in [1.29, 1.82) is 0 Å². The van der Waals surface area contributed by atoms with Crippen LogP contribution >= 0.6 is 0 Å². The number of ketones is 1. The Hall–Kier alpha value is -1.35. The SMILES string of the molecule is O=C(CN(CC1CC1)CC1CC1)c1ccc(O)cc1. The lowest BCUT2D eigenvalue weighted by molar-refractivity contribution is 0.0924. The second-order valence-electron chi connectivity index (χ2n) is 6.05. The van der Waals surface area contributed by atoms with Gasteiger partial charge >= 0.3 is 0 Å². The molecular weight excluding hydrogens is 238 g/mol. The molecule has 3 heteroatoms. The van der Waals surface area contributed by atoms with Gasteiger partial charge in [-0.1, -0.05) is 0 Å². The first-order valence-corrected chi connectivity index (χ1v) is 7.25. The van der Waals surface area contributed by atoms with E-state index < -0.39 is 0 Å². The van der Waals surface area contributed by atoms with Gasteiger partial charge in [0, 0.05) is 18.7 Å². The number of aromatic hydroxyl groups is 1. The third kappa shape index (κ3) is 3.80. The van der Waals surface area contributed by atoms with Crippen LogP contribution in [0.4, 0.5) is 0 Å². The fourth-order valence-electron chi connectivity index (χ4n) is 2.48. The molecule has 2 saturated carbocycles. The molecule has 0 saturated heterocycles. The summed E-state index contributed by atoms with van der Waals surface area (Å²) in [5.74, 6) is 2.03. The first-order chi connectivity index (χ1) is 9.20. The lowest BCUT2D eigenvalue weighted by Crippen LogP contribution is -2.33. The van der Waals surface area contributed by atoms with Gasteiger partial charge in [-0.05, 0) is 61.8 Å². The number of hydrogen-bond acceptors (Lipinski definition) is 3. The first-order valence-electron chi connectivity index (χ1n) is 7.25. The van der Waals surface area contributed by atoms with Gasteiger partial charge in [0.1, 0.15) is 5.75 Å². The van der Waals surface area contributed by atoms with Crippen LogP contribution < -0.4 is 0 Å². The van der Waals surface area contributed by atoms with Crippen LogP contribution in [0.25, 0.3) is 0 Å². The van der Waals surface area contributed by atoms with Crippen molar-refractivity contribution in [2.24, 2.45) is 11.8 Å². The van der Waals surface area contributed by atoms with Crippen molar-refractivity contribution in [3.05, 3.63) is 29.8 Å². The quantitative estimate of drug-likeness (QED) is 0.765. The molecule has 0 radical (unpaired) electrons. The van der Waals surface area contributed by atoms with Crippen LogP contribution in [-0.2, 0) is 0 Å². The lowest BCUT2D eigenvalue weighted by Gasteiger charge is -2.21. The van der Waals surface area contributed by atoms with Gasteiger partial charge in [-0.25, -0.2) is 0 Å². The molecule has 2 aliphatic carbocycles. The van der Waals surface area contributed by atoms with E-state index in [1.165, 1.54) is 25.7 Å². The predicted molar refractivity (Wildman–Crippen MR) is 74.3 cm³/mol. The molecule has 1 N–H and O–H groups in total. The third-order valence-corrected chi connectivity index (χ3v) is 3.98. The molecule has 0 aliphatic heterocycles. The van der Waals surface area contributed by atoms with Crippen molar-refractivity contribution < 1.29 is 9.90 Å². The Morgan fingerprint density at radius 2 is 1.58 bits per heavy atom. The zero-order valence-corrected chi connectivity index (χ0v) is 11.2. The monoisotopic (exact) mass is 259 g/mol. The van der Waals surface area contributed by atoms with Crippen molar-refractivity contribution >= 4 is 5.78 Å². The second-order valence-corrected chi connectivity index (χ2v) is 6.05. The topological polar surface area (TPSA) is 40.5 Å². The summed E-state index contributed by atoms with van der Waals surface area (Å²) in [5.41, 5.74) is 0.703. The molecule has 102 valence electrons. The van der Waals surface area contributed by atoms with Crippen molar-refractivity contribution in [3.63, 3.8) is 0 Å². The Balaban J connectivity index is 1.59. The summed E-state index contributed by atoms with van der Waals surface area (Å²) < 4.78 is 0. The van der Waals surface area contributed by atoms with Crippen LogP contribution in [0.2, 0.25) is 0 Å². The standard InChI is InChI=1S/C16H21NO2/c18-15-7-5-14(6-8-15)16(19)11-17(9-12-1-2-12)10-13-3-4-13/h5-8,12-13,18H,1-4,9-11H2. The average Bonchev–Trinajstić information content (AvgIpc) is 3.26. The summed E-state index contributed by atoms with van der Waals surface area (Å²) in [4.78, 5) is 14.6. The summed E-state index contributed by atoms with van der Waals surface area (Å²) in [6.07, 6.45) is 5.31. The lowest BCUT2D eigenvalue weighted by atomic mass is 10.1. The average molecular weight is 259 g/mol. The minimum Gasteiger partial charge on any atom is -0.508 e. The van der Waals surface area contributed by atoms with Gasteiger partial charge in [0.05, 0.1) is 6.54 Å². The van der Waals surface area contributed by atoms with E-state index >= 15 is 0 Å². The molecule has 1 aromatic carbocycles. The molecule has 0 aromatic heterocycles. The Morgan fingerprint density at radius 3 is 2.05 bits per heavy atom. The Labute approximate surface area is 114 Å². The van der Waals surface area contributed by atoms with Crippen molar-refractivity contribution in [2.75, 3.05) is 19.6 Å². The van der Waals surface area contributed by atoms with E-state index in [1.54, 1.807) is 24.3 Å². The minimum absolute atomic E-state index is 0.168. The van der Waals surface area contributed by atoms with Crippen LogP contribution in [0.5, 0.6) is 5.75 Å². The highest BCUT2D eigenvalue weighted by Crippen LogP contribution is 2.33. The zero-order valence-electron chi connectivity index (χ0n) is 11.2. The molecule has 1 aromatic rings. The molecule has 3 nitrogen and oxygen atoms in total. The molecule has 0 heterocycles. The zero-order chi connectivity index (χ0) is 13.2. The Kier molecular flexibility index (Phi) is 3.56. The summed E-state index contributed by atoms with van der Waals surface area (Å²) in [6.45, 7) is 2.69. The van der Waals surface area contributed by atoms with Crippen LogP contribution in [0.15, 0.2) is 24.3 Å². The highest BCUT2D eigenvalue weighted by Gasteiger charge is 2.30. The normalized spacial score (nSPS) is 18.8. The fourth-order valence-corrected chi connectivity index (χ4v) is 2.48. The molecule has 2 fully saturated rings. The van der Waals surface area contributed by atoms with Gasteiger partial charge in [0.15, 0.2) is 5.78 Å². The smallest absolute Gasteiger partial charge is 0.176 e. The maximum Gasteiger partial charge on any atom is 0.176 e. The highest BCUT2D eigenvalue weighted by molar-refractivity contribution is 5.97. The van der Waals surface area contributed by atoms with E-state index in [1.807, 2.05) is 0 Å². The highest BCUT2D eigenvalue weighted by atomic mass is 16.3. The second kappa shape index (κ2) is 5.33. The molecular formula is C16H21NO2. The number of carbonyl (C=O) groups excluding carboxylic acids is 1. The number of rotatable bonds is 7. The molecule has 0 atom stereocenters. The van der Waals surface area contributed by atoms with Crippen molar-refractivity contribution in [1.82, 2.24) is 4.90 Å². The summed E-state index contributed by atoms with van der Waals surface area (Å²) in [7, 11) is 0. The number of carbonyl (C=O) groups is 1. The molecule has 3 rings (SSSR count). The maximum atomic E-state index is 12.2. The molecule has 0 bridgehead atoms. The maximum absolute atomic E-state index is 12.2. The van der Waals surface area contributed by atoms with E-state index in [0.29, 0.717) is 12.1 Å². The molecule has 0 amide bonds. The van der Waals surface area contributed by atoms with Gasteiger partial charge in [0.25, 0.3) is 0 Å². The van der Waals surface area contributed by atoms with Gasteiger partial charge in [-0.2, -0.15) is 0 Å². The number of Topliss-reactive ketones (excluding diaryl/α,β-unsaturated/α-hetero) is 1. The van der Waals surface area contributed by atoms with Crippen molar-refractivity contribution in [3.8, 4) is 5.75 Å². The van der Waals surface area contributed by atoms with Crippen LogP contribution in [0.3, 0.4) is 0 Å². The molecule has 0 unspecified atom stereocenters. The largest absolute Gasteiger partial charge is 0.508 e. The van der Waals surface area contributed by atoms with Crippen LogP contribution in [0, 0.1) is 11.8 Å². The van der Waals surface area contributed by atoms with Gasteiger partial charge < -0.3 is 5.11 Å². The van der Waals surface area contributed by atoms with Gasteiger partial charge in [0.2, 0.25) is 0 Å². The fraction of sp³-hybridized carbons (Fsp3) is 0.562.